The molecule has 3 aliphatic rings. The summed E-state index contributed by atoms with van der Waals surface area (Å²) in [5, 5.41) is 10.5. The van der Waals surface area contributed by atoms with E-state index in [2.05, 4.69) is 12.5 Å². The Bertz CT molecular complexity index is 403. The maximum absolute atomic E-state index is 11.4. The van der Waals surface area contributed by atoms with Gasteiger partial charge in [0.15, 0.2) is 0 Å². The number of ether oxygens (including phenoxy) is 1. The van der Waals surface area contributed by atoms with Gasteiger partial charge in [-0.25, -0.2) is 12.5 Å². The summed E-state index contributed by atoms with van der Waals surface area (Å²) in [6.07, 6.45) is 1.25. The van der Waals surface area contributed by atoms with Crippen LogP contribution in [0.5, 0.6) is 0 Å². The summed E-state index contributed by atoms with van der Waals surface area (Å²) in [4.78, 5) is 9.37. The number of hydrogen-bond donors (Lipinski definition) is 3. The summed E-state index contributed by atoms with van der Waals surface area (Å²) in [5.41, 5.74) is -1.68. The molecule has 3 rings (SSSR count). The molecule has 0 amide bonds. The van der Waals surface area contributed by atoms with Crippen molar-refractivity contribution in [3.05, 3.63) is 0 Å². The first-order valence-corrected chi connectivity index (χ1v) is 8.20. The maximum Gasteiger partial charge on any atom is 0.325 e. The molecule has 1 heterocycles. The minimum Gasteiger partial charge on any atom is -0.387 e. The molecular formula is C9H15BO5PS. The average molecular weight is 277 g/mol. The van der Waals surface area contributed by atoms with Crippen molar-refractivity contribution in [1.29, 1.82) is 0 Å². The Morgan fingerprint density at radius 2 is 2.24 bits per heavy atom. The van der Waals surface area contributed by atoms with Crippen molar-refractivity contribution < 1.29 is 23.8 Å². The third-order valence-corrected chi connectivity index (χ3v) is 5.01. The van der Waals surface area contributed by atoms with E-state index in [-0.39, 0.29) is 11.9 Å². The predicted octanol–water partition coefficient (Wildman–Crippen LogP) is 0.376. The van der Waals surface area contributed by atoms with Gasteiger partial charge in [-0.2, -0.15) is 0 Å². The molecule has 17 heavy (non-hydrogen) atoms. The van der Waals surface area contributed by atoms with Gasteiger partial charge in [0.2, 0.25) is 6.56 Å². The van der Waals surface area contributed by atoms with E-state index in [1.165, 1.54) is 6.66 Å². The zero-order chi connectivity index (χ0) is 12.5. The number of hydrogen-bond acceptors (Lipinski definition) is 5. The fourth-order valence-corrected chi connectivity index (χ4v) is 4.57. The van der Waals surface area contributed by atoms with Crippen molar-refractivity contribution in [2.45, 2.75) is 42.6 Å². The Labute approximate surface area is 106 Å². The first-order chi connectivity index (χ1) is 7.79. The fraction of sp³-hybridized carbons (Fsp3) is 1.00. The Kier molecular flexibility index (Phi) is 2.60. The van der Waals surface area contributed by atoms with E-state index >= 15 is 0 Å². The quantitative estimate of drug-likeness (QED) is 0.395. The van der Waals surface area contributed by atoms with Crippen LogP contribution in [0, 0.1) is 5.92 Å². The van der Waals surface area contributed by atoms with E-state index in [1.54, 1.807) is 6.56 Å². The van der Waals surface area contributed by atoms with E-state index in [0.717, 1.165) is 0 Å². The lowest BCUT2D eigenvalue weighted by molar-refractivity contribution is -0.0806. The lowest BCUT2D eigenvalue weighted by Crippen LogP contribution is -2.43. The Balaban J connectivity index is 1.84. The molecule has 8 heteroatoms. The molecule has 0 aromatic carbocycles. The van der Waals surface area contributed by atoms with Crippen LogP contribution in [-0.2, 0) is 13.8 Å². The number of thiol groups is 1. The van der Waals surface area contributed by atoms with Gasteiger partial charge in [0.25, 0.3) is 0 Å². The second kappa shape index (κ2) is 3.53. The van der Waals surface area contributed by atoms with Crippen molar-refractivity contribution in [1.82, 2.24) is 0 Å². The van der Waals surface area contributed by atoms with Crippen molar-refractivity contribution in [3.8, 4) is 0 Å². The van der Waals surface area contributed by atoms with Crippen LogP contribution in [0.15, 0.2) is 0 Å². The molecule has 0 aromatic rings. The van der Waals surface area contributed by atoms with Gasteiger partial charge in [-0.05, 0) is 25.2 Å². The van der Waals surface area contributed by atoms with Crippen LogP contribution in [0.3, 0.4) is 0 Å². The standard InChI is InChI=1S/C9H15BO5PS/c1-16(12,13)15-9-3-5(9)2-8(11)4-6(10-17)14-7(8)9/h5-7,11,17H,2-4H2,1H3,(H,12,13)/t5?,6-,7+,8+,9-/m1/s1. The van der Waals surface area contributed by atoms with E-state index in [4.69, 9.17) is 9.26 Å². The smallest absolute Gasteiger partial charge is 0.325 e. The van der Waals surface area contributed by atoms with Gasteiger partial charge >= 0.3 is 7.60 Å². The van der Waals surface area contributed by atoms with E-state index in [9.17, 15) is 14.6 Å². The third-order valence-electron chi connectivity index (χ3n) is 4.00. The summed E-state index contributed by atoms with van der Waals surface area (Å²) >= 11 is 4.05. The molecular weight excluding hydrogens is 262 g/mol. The predicted molar refractivity (Wildman–Crippen MR) is 65.3 cm³/mol. The van der Waals surface area contributed by atoms with Crippen molar-refractivity contribution in [3.63, 3.8) is 0 Å². The average Bonchev–Trinajstić information content (AvgIpc) is 2.62. The molecule has 1 radical (unpaired) electrons. The monoisotopic (exact) mass is 277 g/mol. The lowest BCUT2D eigenvalue weighted by atomic mass is 9.85. The van der Waals surface area contributed by atoms with Gasteiger partial charge in [-0.15, -0.1) is 0 Å². The molecule has 95 valence electrons. The second-order valence-electron chi connectivity index (χ2n) is 5.47. The van der Waals surface area contributed by atoms with Crippen LogP contribution >= 0.6 is 20.1 Å². The summed E-state index contributed by atoms with van der Waals surface area (Å²) in [6, 6.07) is -0.217. The van der Waals surface area contributed by atoms with Crippen LogP contribution in [0.25, 0.3) is 0 Å². The van der Waals surface area contributed by atoms with E-state index in [0.29, 0.717) is 19.3 Å². The van der Waals surface area contributed by atoms with Crippen LogP contribution in [0.4, 0.5) is 0 Å². The van der Waals surface area contributed by atoms with Gasteiger partial charge in [-0.3, -0.25) is 9.09 Å². The largest absolute Gasteiger partial charge is 0.387 e. The topological polar surface area (TPSA) is 76.0 Å². The summed E-state index contributed by atoms with van der Waals surface area (Å²) in [6.45, 7) is 2.78. The molecule has 6 atom stereocenters. The van der Waals surface area contributed by atoms with E-state index < -0.39 is 24.9 Å². The van der Waals surface area contributed by atoms with E-state index in [1.807, 2.05) is 0 Å². The molecule has 1 saturated heterocycles. The SMILES string of the molecule is CP(=O)(O)O[C@]12CC1C[C@]1(O)C[C@H]([B]S)O[C@@H]12. The molecule has 5 nitrogen and oxygen atoms in total. The molecule has 2 saturated carbocycles. The lowest BCUT2D eigenvalue weighted by Gasteiger charge is -2.29. The molecule has 1 aliphatic heterocycles. The molecule has 0 aromatic heterocycles. The minimum atomic E-state index is -3.57. The molecule has 0 spiro atoms. The zero-order valence-corrected chi connectivity index (χ0v) is 11.2. The van der Waals surface area contributed by atoms with Gasteiger partial charge in [0.05, 0.1) is 5.60 Å². The molecule has 2 aliphatic carbocycles. The Morgan fingerprint density at radius 1 is 1.53 bits per heavy atom. The fourth-order valence-electron chi connectivity index (χ4n) is 3.45. The van der Waals surface area contributed by atoms with Gasteiger partial charge in [0, 0.05) is 12.7 Å². The highest BCUT2D eigenvalue weighted by Gasteiger charge is 2.77. The van der Waals surface area contributed by atoms with Crippen LogP contribution in [-0.4, -0.2) is 46.5 Å². The zero-order valence-electron chi connectivity index (χ0n) is 9.44. The number of rotatable bonds is 3. The molecule has 2 unspecified atom stereocenters. The van der Waals surface area contributed by atoms with Crippen LogP contribution in [0.1, 0.15) is 19.3 Å². The summed E-state index contributed by atoms with van der Waals surface area (Å²) < 4.78 is 22.4. The Morgan fingerprint density at radius 3 is 2.82 bits per heavy atom. The van der Waals surface area contributed by atoms with Crippen molar-refractivity contribution >= 4 is 26.6 Å². The van der Waals surface area contributed by atoms with Crippen LogP contribution in [0.2, 0.25) is 0 Å². The highest BCUT2D eigenvalue weighted by molar-refractivity contribution is 8.07. The van der Waals surface area contributed by atoms with Crippen molar-refractivity contribution in [2.75, 3.05) is 6.66 Å². The minimum absolute atomic E-state index is 0.138. The first-order valence-electron chi connectivity index (χ1n) is 5.65. The first kappa shape index (κ1) is 12.5. The molecule has 3 fully saturated rings. The van der Waals surface area contributed by atoms with Crippen molar-refractivity contribution in [2.24, 2.45) is 5.92 Å². The third kappa shape index (κ3) is 1.83. The maximum atomic E-state index is 11.4. The summed E-state index contributed by atoms with van der Waals surface area (Å²) in [5.74, 6) is 0.138. The second-order valence-corrected chi connectivity index (χ2v) is 7.55. The van der Waals surface area contributed by atoms with Gasteiger partial charge < -0.3 is 14.7 Å². The van der Waals surface area contributed by atoms with Gasteiger partial charge in [0.1, 0.15) is 11.7 Å². The highest BCUT2D eigenvalue weighted by atomic mass is 32.1. The highest BCUT2D eigenvalue weighted by Crippen LogP contribution is 2.69. The number of aliphatic hydroxyl groups is 1. The summed E-state index contributed by atoms with van der Waals surface area (Å²) in [7, 11) is -3.57. The van der Waals surface area contributed by atoms with Crippen LogP contribution < -0.4 is 0 Å². The Hall–Kier alpha value is 0.485. The molecule has 2 N–H and O–H groups in total. The van der Waals surface area contributed by atoms with Gasteiger partial charge in [-0.1, -0.05) is 0 Å². The number of fused-ring (bicyclic) bond motifs is 3. The normalized spacial score (nSPS) is 54.9. The molecule has 0 bridgehead atoms.